The van der Waals surface area contributed by atoms with E-state index in [1.807, 2.05) is 0 Å². The third-order valence-corrected chi connectivity index (χ3v) is 2.35. The Bertz CT molecular complexity index is 259. The molecular weight excluding hydrogens is 196 g/mol. The average molecular weight is 212 g/mol. The molecule has 0 aliphatic carbocycles. The van der Waals surface area contributed by atoms with E-state index in [4.69, 9.17) is 5.11 Å². The van der Waals surface area contributed by atoms with E-state index >= 15 is 0 Å². The van der Waals surface area contributed by atoms with Gasteiger partial charge in [-0.1, -0.05) is 6.08 Å². The molecule has 0 radical (unpaired) electrons. The number of carbonyl (C=O) groups excluding carboxylic acids is 1. The van der Waals surface area contributed by atoms with Crippen molar-refractivity contribution in [3.05, 3.63) is 12.7 Å². The summed E-state index contributed by atoms with van der Waals surface area (Å²) in [5, 5.41) is 11.7. The van der Waals surface area contributed by atoms with Crippen LogP contribution in [0.25, 0.3) is 0 Å². The molecule has 1 saturated heterocycles. The van der Waals surface area contributed by atoms with Gasteiger partial charge < -0.3 is 15.3 Å². The third kappa shape index (κ3) is 3.36. The monoisotopic (exact) mass is 212 g/mol. The second kappa shape index (κ2) is 5.50. The smallest absolute Gasteiger partial charge is 0.323 e. The van der Waals surface area contributed by atoms with E-state index in [0.717, 1.165) is 19.4 Å². The predicted octanol–water partition coefficient (Wildman–Crippen LogP) is -0.162. The number of nitrogens with zero attached hydrogens (tertiary/aromatic N) is 1. The number of hydrogen-bond acceptors (Lipinski definition) is 3. The molecule has 0 saturated carbocycles. The SMILES string of the molecule is C=CCN(CC(=O)O)C(=O)C1CCCN1. The highest BCUT2D eigenvalue weighted by atomic mass is 16.4. The van der Waals surface area contributed by atoms with Crippen LogP contribution >= 0.6 is 0 Å². The van der Waals surface area contributed by atoms with E-state index in [2.05, 4.69) is 11.9 Å². The van der Waals surface area contributed by atoms with E-state index in [9.17, 15) is 9.59 Å². The Hall–Kier alpha value is -1.36. The van der Waals surface area contributed by atoms with Crippen LogP contribution in [0.2, 0.25) is 0 Å². The predicted molar refractivity (Wildman–Crippen MR) is 55.4 cm³/mol. The van der Waals surface area contributed by atoms with Crippen molar-refractivity contribution in [1.29, 1.82) is 0 Å². The van der Waals surface area contributed by atoms with Gasteiger partial charge in [0.2, 0.25) is 5.91 Å². The summed E-state index contributed by atoms with van der Waals surface area (Å²) in [6.45, 7) is 4.35. The maximum atomic E-state index is 11.8. The first-order valence-electron chi connectivity index (χ1n) is 5.00. The molecule has 0 aromatic rings. The van der Waals surface area contributed by atoms with Gasteiger partial charge in [-0.05, 0) is 19.4 Å². The summed E-state index contributed by atoms with van der Waals surface area (Å²) in [6, 6.07) is -0.218. The molecule has 0 aromatic heterocycles. The standard InChI is InChI=1S/C10H16N2O3/c1-2-6-12(7-9(13)14)10(15)8-4-3-5-11-8/h2,8,11H,1,3-7H2,(H,13,14). The summed E-state index contributed by atoms with van der Waals surface area (Å²) >= 11 is 0. The molecule has 1 rings (SSSR count). The van der Waals surface area contributed by atoms with Gasteiger partial charge in [-0.2, -0.15) is 0 Å². The van der Waals surface area contributed by atoms with Crippen LogP contribution in [0, 0.1) is 0 Å². The van der Waals surface area contributed by atoms with Gasteiger partial charge in [0.15, 0.2) is 0 Å². The number of carboxylic acid groups (broad SMARTS) is 1. The molecule has 5 nitrogen and oxygen atoms in total. The fourth-order valence-corrected chi connectivity index (χ4v) is 1.67. The van der Waals surface area contributed by atoms with Gasteiger partial charge >= 0.3 is 5.97 Å². The third-order valence-electron chi connectivity index (χ3n) is 2.35. The van der Waals surface area contributed by atoms with E-state index in [0.29, 0.717) is 0 Å². The lowest BCUT2D eigenvalue weighted by atomic mass is 10.2. The Kier molecular flexibility index (Phi) is 4.30. The Morgan fingerprint density at radius 2 is 2.33 bits per heavy atom. The lowest BCUT2D eigenvalue weighted by Gasteiger charge is -2.22. The van der Waals surface area contributed by atoms with Crippen molar-refractivity contribution in [1.82, 2.24) is 10.2 Å². The minimum Gasteiger partial charge on any atom is -0.480 e. The average Bonchev–Trinajstić information content (AvgIpc) is 2.68. The molecule has 0 aromatic carbocycles. The summed E-state index contributed by atoms with van der Waals surface area (Å²) in [4.78, 5) is 23.7. The highest BCUT2D eigenvalue weighted by Crippen LogP contribution is 2.08. The van der Waals surface area contributed by atoms with Crippen LogP contribution in [0.1, 0.15) is 12.8 Å². The Morgan fingerprint density at radius 3 is 2.80 bits per heavy atom. The van der Waals surface area contributed by atoms with Crippen molar-refractivity contribution in [2.24, 2.45) is 0 Å². The Morgan fingerprint density at radius 1 is 1.60 bits per heavy atom. The van der Waals surface area contributed by atoms with E-state index in [1.165, 1.54) is 11.0 Å². The van der Waals surface area contributed by atoms with Crippen LogP contribution in [-0.4, -0.2) is 47.6 Å². The molecule has 1 aliphatic heterocycles. The second-order valence-electron chi connectivity index (χ2n) is 3.55. The lowest BCUT2D eigenvalue weighted by Crippen LogP contribution is -2.45. The first-order chi connectivity index (χ1) is 7.15. The lowest BCUT2D eigenvalue weighted by molar-refractivity contribution is -0.144. The fourth-order valence-electron chi connectivity index (χ4n) is 1.67. The maximum absolute atomic E-state index is 11.8. The van der Waals surface area contributed by atoms with Gasteiger partial charge in [-0.3, -0.25) is 9.59 Å². The number of aliphatic carboxylic acids is 1. The van der Waals surface area contributed by atoms with Crippen molar-refractivity contribution in [2.45, 2.75) is 18.9 Å². The number of rotatable bonds is 5. The summed E-state index contributed by atoms with van der Waals surface area (Å²) in [6.07, 6.45) is 3.29. The van der Waals surface area contributed by atoms with Gasteiger partial charge in [0.1, 0.15) is 6.54 Å². The molecule has 1 heterocycles. The van der Waals surface area contributed by atoms with Crippen LogP contribution in [0.15, 0.2) is 12.7 Å². The largest absolute Gasteiger partial charge is 0.480 e. The molecule has 1 atom stereocenters. The molecule has 84 valence electrons. The van der Waals surface area contributed by atoms with Crippen molar-refractivity contribution >= 4 is 11.9 Å². The van der Waals surface area contributed by atoms with Gasteiger partial charge in [0, 0.05) is 6.54 Å². The minimum absolute atomic E-state index is 0.144. The fraction of sp³-hybridized carbons (Fsp3) is 0.600. The van der Waals surface area contributed by atoms with Crippen molar-refractivity contribution in [2.75, 3.05) is 19.6 Å². The number of nitrogens with one attached hydrogen (secondary N) is 1. The first kappa shape index (κ1) is 11.7. The van der Waals surface area contributed by atoms with Gasteiger partial charge in [0.25, 0.3) is 0 Å². The highest BCUT2D eigenvalue weighted by Gasteiger charge is 2.27. The molecule has 5 heteroatoms. The number of hydrogen-bond donors (Lipinski definition) is 2. The van der Waals surface area contributed by atoms with Gasteiger partial charge in [-0.25, -0.2) is 0 Å². The molecule has 1 fully saturated rings. The van der Waals surface area contributed by atoms with E-state index in [-0.39, 0.29) is 25.0 Å². The topological polar surface area (TPSA) is 69.6 Å². The highest BCUT2D eigenvalue weighted by molar-refractivity contribution is 5.85. The van der Waals surface area contributed by atoms with Crippen LogP contribution < -0.4 is 5.32 Å². The van der Waals surface area contributed by atoms with E-state index < -0.39 is 5.97 Å². The molecule has 0 spiro atoms. The maximum Gasteiger partial charge on any atom is 0.323 e. The summed E-state index contributed by atoms with van der Waals surface area (Å²) < 4.78 is 0. The normalized spacial score (nSPS) is 19.9. The van der Waals surface area contributed by atoms with Crippen molar-refractivity contribution in [3.8, 4) is 0 Å². The van der Waals surface area contributed by atoms with Gasteiger partial charge in [0.05, 0.1) is 6.04 Å². The summed E-state index contributed by atoms with van der Waals surface area (Å²) in [5.41, 5.74) is 0. The molecule has 1 unspecified atom stereocenters. The Labute approximate surface area is 88.8 Å². The molecule has 1 amide bonds. The van der Waals surface area contributed by atoms with Crippen LogP contribution in [0.3, 0.4) is 0 Å². The number of amides is 1. The molecule has 2 N–H and O–H groups in total. The Balaban J connectivity index is 2.56. The molecule has 0 bridgehead atoms. The second-order valence-corrected chi connectivity index (χ2v) is 3.55. The zero-order chi connectivity index (χ0) is 11.3. The summed E-state index contributed by atoms with van der Waals surface area (Å²) in [5.74, 6) is -1.14. The zero-order valence-corrected chi connectivity index (χ0v) is 8.61. The zero-order valence-electron chi connectivity index (χ0n) is 8.61. The minimum atomic E-state index is -0.997. The van der Waals surface area contributed by atoms with Crippen LogP contribution in [0.4, 0.5) is 0 Å². The van der Waals surface area contributed by atoms with Crippen LogP contribution in [-0.2, 0) is 9.59 Å². The number of carboxylic acids is 1. The first-order valence-corrected chi connectivity index (χ1v) is 5.00. The van der Waals surface area contributed by atoms with E-state index in [1.54, 1.807) is 0 Å². The quantitative estimate of drug-likeness (QED) is 0.621. The number of carbonyl (C=O) groups is 2. The molecule has 15 heavy (non-hydrogen) atoms. The van der Waals surface area contributed by atoms with Crippen LogP contribution in [0.5, 0.6) is 0 Å². The molecule has 1 aliphatic rings. The van der Waals surface area contributed by atoms with Gasteiger partial charge in [-0.15, -0.1) is 6.58 Å². The summed E-state index contributed by atoms with van der Waals surface area (Å²) in [7, 11) is 0. The molecular formula is C10H16N2O3. The van der Waals surface area contributed by atoms with Crippen molar-refractivity contribution < 1.29 is 14.7 Å². The van der Waals surface area contributed by atoms with Crippen molar-refractivity contribution in [3.63, 3.8) is 0 Å².